The normalized spacial score (nSPS) is 12.6. The number of hydrogen-bond acceptors (Lipinski definition) is 3. The molecule has 2 rings (SSSR count). The number of pyridine rings is 1. The molecule has 0 fully saturated rings. The third-order valence-electron chi connectivity index (χ3n) is 2.85. The molecule has 1 aromatic carbocycles. The number of benzene rings is 1. The van der Waals surface area contributed by atoms with Gasteiger partial charge in [-0.15, -0.1) is 0 Å². The SMILES string of the molecule is CC(CCCO)Nc1nccc2ccccc12. The van der Waals surface area contributed by atoms with E-state index in [9.17, 15) is 0 Å². The zero-order chi connectivity index (χ0) is 12.1. The minimum Gasteiger partial charge on any atom is -0.396 e. The average molecular weight is 230 g/mol. The number of hydrogen-bond donors (Lipinski definition) is 2. The van der Waals surface area contributed by atoms with Crippen molar-refractivity contribution < 1.29 is 5.11 Å². The number of aliphatic hydroxyl groups excluding tert-OH is 1. The zero-order valence-electron chi connectivity index (χ0n) is 10.1. The Balaban J connectivity index is 2.18. The topological polar surface area (TPSA) is 45.1 Å². The third-order valence-corrected chi connectivity index (χ3v) is 2.85. The van der Waals surface area contributed by atoms with Gasteiger partial charge >= 0.3 is 0 Å². The molecular formula is C14H18N2O. The Kier molecular flexibility index (Phi) is 3.94. The average Bonchev–Trinajstić information content (AvgIpc) is 2.37. The minimum absolute atomic E-state index is 0.245. The Morgan fingerprint density at radius 3 is 2.94 bits per heavy atom. The van der Waals surface area contributed by atoms with E-state index in [1.54, 1.807) is 0 Å². The number of aliphatic hydroxyl groups is 1. The number of nitrogens with one attached hydrogen (secondary N) is 1. The van der Waals surface area contributed by atoms with E-state index in [0.717, 1.165) is 24.0 Å². The summed E-state index contributed by atoms with van der Waals surface area (Å²) in [6, 6.07) is 10.5. The number of nitrogens with zero attached hydrogens (tertiary/aromatic N) is 1. The highest BCUT2D eigenvalue weighted by molar-refractivity contribution is 5.91. The number of aromatic nitrogens is 1. The number of anilines is 1. The summed E-state index contributed by atoms with van der Waals surface area (Å²) in [7, 11) is 0. The van der Waals surface area contributed by atoms with Crippen LogP contribution in [0.3, 0.4) is 0 Å². The third kappa shape index (κ3) is 2.94. The molecule has 0 saturated carbocycles. The molecule has 1 atom stereocenters. The van der Waals surface area contributed by atoms with Gasteiger partial charge in [-0.2, -0.15) is 0 Å². The van der Waals surface area contributed by atoms with Crippen LogP contribution in [0.2, 0.25) is 0 Å². The van der Waals surface area contributed by atoms with Crippen molar-refractivity contribution in [2.24, 2.45) is 0 Å². The zero-order valence-corrected chi connectivity index (χ0v) is 10.1. The van der Waals surface area contributed by atoms with Crippen molar-refractivity contribution in [3.63, 3.8) is 0 Å². The fourth-order valence-electron chi connectivity index (χ4n) is 1.94. The van der Waals surface area contributed by atoms with E-state index < -0.39 is 0 Å². The Labute approximate surface area is 102 Å². The van der Waals surface area contributed by atoms with Gasteiger partial charge < -0.3 is 10.4 Å². The maximum atomic E-state index is 8.81. The van der Waals surface area contributed by atoms with Crippen LogP contribution < -0.4 is 5.32 Å². The quantitative estimate of drug-likeness (QED) is 0.830. The smallest absolute Gasteiger partial charge is 0.134 e. The summed E-state index contributed by atoms with van der Waals surface area (Å²) < 4.78 is 0. The van der Waals surface area contributed by atoms with Crippen LogP contribution in [0, 0.1) is 0 Å². The molecule has 0 radical (unpaired) electrons. The van der Waals surface area contributed by atoms with E-state index in [0.29, 0.717) is 6.04 Å². The Bertz CT molecular complexity index is 479. The van der Waals surface area contributed by atoms with Gasteiger partial charge in [0.25, 0.3) is 0 Å². The summed E-state index contributed by atoms with van der Waals surface area (Å²) in [4.78, 5) is 4.38. The standard InChI is InChI=1S/C14H18N2O/c1-11(5-4-10-17)16-14-13-7-3-2-6-12(13)8-9-15-14/h2-3,6-9,11,17H,4-5,10H2,1H3,(H,15,16). The van der Waals surface area contributed by atoms with Gasteiger partial charge in [0.15, 0.2) is 0 Å². The molecular weight excluding hydrogens is 212 g/mol. The van der Waals surface area contributed by atoms with E-state index >= 15 is 0 Å². The second kappa shape index (κ2) is 5.64. The van der Waals surface area contributed by atoms with Gasteiger partial charge in [-0.25, -0.2) is 4.98 Å². The van der Waals surface area contributed by atoms with Crippen LogP contribution in [0.5, 0.6) is 0 Å². The lowest BCUT2D eigenvalue weighted by atomic mass is 10.1. The van der Waals surface area contributed by atoms with Crippen molar-refractivity contribution in [3.05, 3.63) is 36.5 Å². The van der Waals surface area contributed by atoms with Gasteiger partial charge in [0.2, 0.25) is 0 Å². The highest BCUT2D eigenvalue weighted by Gasteiger charge is 2.05. The van der Waals surface area contributed by atoms with E-state index in [1.807, 2.05) is 24.4 Å². The van der Waals surface area contributed by atoms with Gasteiger partial charge in [0.05, 0.1) is 0 Å². The first-order valence-corrected chi connectivity index (χ1v) is 6.02. The summed E-state index contributed by atoms with van der Waals surface area (Å²) in [5, 5.41) is 14.5. The molecule has 2 aromatic rings. The summed E-state index contributed by atoms with van der Waals surface area (Å²) in [6.45, 7) is 2.36. The van der Waals surface area contributed by atoms with Crippen LogP contribution in [-0.2, 0) is 0 Å². The van der Waals surface area contributed by atoms with E-state index in [1.165, 1.54) is 5.39 Å². The molecule has 3 nitrogen and oxygen atoms in total. The Morgan fingerprint density at radius 2 is 2.12 bits per heavy atom. The summed E-state index contributed by atoms with van der Waals surface area (Å²) >= 11 is 0. The van der Waals surface area contributed by atoms with Crippen LogP contribution in [0.1, 0.15) is 19.8 Å². The first-order valence-electron chi connectivity index (χ1n) is 6.02. The first kappa shape index (κ1) is 11.9. The van der Waals surface area contributed by atoms with Gasteiger partial charge in [-0.1, -0.05) is 24.3 Å². The van der Waals surface area contributed by atoms with Gasteiger partial charge in [-0.05, 0) is 31.2 Å². The largest absolute Gasteiger partial charge is 0.396 e. The Morgan fingerprint density at radius 1 is 1.29 bits per heavy atom. The molecule has 0 bridgehead atoms. The van der Waals surface area contributed by atoms with Crippen LogP contribution in [-0.4, -0.2) is 22.7 Å². The molecule has 0 aliphatic carbocycles. The monoisotopic (exact) mass is 230 g/mol. The molecule has 1 unspecified atom stereocenters. The molecule has 0 spiro atoms. The number of rotatable bonds is 5. The van der Waals surface area contributed by atoms with E-state index in [4.69, 9.17) is 5.11 Å². The van der Waals surface area contributed by atoms with Crippen molar-refractivity contribution in [3.8, 4) is 0 Å². The molecule has 0 aliphatic rings. The summed E-state index contributed by atoms with van der Waals surface area (Å²) in [5.74, 6) is 0.925. The van der Waals surface area contributed by atoms with Crippen LogP contribution in [0.15, 0.2) is 36.5 Å². The van der Waals surface area contributed by atoms with E-state index in [-0.39, 0.29) is 6.61 Å². The molecule has 17 heavy (non-hydrogen) atoms. The molecule has 0 saturated heterocycles. The highest BCUT2D eigenvalue weighted by Crippen LogP contribution is 2.21. The lowest BCUT2D eigenvalue weighted by Crippen LogP contribution is -2.16. The Hall–Kier alpha value is -1.61. The second-order valence-electron chi connectivity index (χ2n) is 4.29. The molecule has 1 aromatic heterocycles. The van der Waals surface area contributed by atoms with Crippen LogP contribution in [0.4, 0.5) is 5.82 Å². The van der Waals surface area contributed by atoms with Crippen molar-refractivity contribution >= 4 is 16.6 Å². The van der Waals surface area contributed by atoms with E-state index in [2.05, 4.69) is 29.4 Å². The van der Waals surface area contributed by atoms with Crippen molar-refractivity contribution in [1.29, 1.82) is 0 Å². The maximum Gasteiger partial charge on any atom is 0.134 e. The molecule has 0 amide bonds. The summed E-state index contributed by atoms with van der Waals surface area (Å²) in [6.07, 6.45) is 3.59. The minimum atomic E-state index is 0.245. The van der Waals surface area contributed by atoms with Crippen molar-refractivity contribution in [2.45, 2.75) is 25.8 Å². The maximum absolute atomic E-state index is 8.81. The lowest BCUT2D eigenvalue weighted by Gasteiger charge is -2.15. The molecule has 0 aliphatic heterocycles. The lowest BCUT2D eigenvalue weighted by molar-refractivity contribution is 0.282. The second-order valence-corrected chi connectivity index (χ2v) is 4.29. The molecule has 3 heteroatoms. The van der Waals surface area contributed by atoms with Gasteiger partial charge in [-0.3, -0.25) is 0 Å². The van der Waals surface area contributed by atoms with Crippen molar-refractivity contribution in [2.75, 3.05) is 11.9 Å². The fraction of sp³-hybridized carbons (Fsp3) is 0.357. The molecule has 2 N–H and O–H groups in total. The first-order chi connectivity index (χ1) is 8.31. The molecule has 1 heterocycles. The predicted octanol–water partition coefficient (Wildman–Crippen LogP) is 2.81. The van der Waals surface area contributed by atoms with Gasteiger partial charge in [0.1, 0.15) is 5.82 Å². The molecule has 90 valence electrons. The fourth-order valence-corrected chi connectivity index (χ4v) is 1.94. The van der Waals surface area contributed by atoms with Crippen LogP contribution >= 0.6 is 0 Å². The predicted molar refractivity (Wildman–Crippen MR) is 71.1 cm³/mol. The van der Waals surface area contributed by atoms with Crippen molar-refractivity contribution in [1.82, 2.24) is 4.98 Å². The van der Waals surface area contributed by atoms with Crippen LogP contribution in [0.25, 0.3) is 10.8 Å². The highest BCUT2D eigenvalue weighted by atomic mass is 16.2. The number of fused-ring (bicyclic) bond motifs is 1. The summed E-state index contributed by atoms with van der Waals surface area (Å²) in [5.41, 5.74) is 0. The van der Waals surface area contributed by atoms with Gasteiger partial charge in [0, 0.05) is 24.2 Å².